The van der Waals surface area contributed by atoms with Crippen molar-refractivity contribution in [3.63, 3.8) is 0 Å². The lowest BCUT2D eigenvalue weighted by molar-refractivity contribution is 0.289. The van der Waals surface area contributed by atoms with E-state index >= 15 is 0 Å². The Morgan fingerprint density at radius 3 is 2.95 bits per heavy atom. The van der Waals surface area contributed by atoms with Crippen LogP contribution in [0.25, 0.3) is 0 Å². The number of nitriles is 1. The highest BCUT2D eigenvalue weighted by Crippen LogP contribution is 2.23. The predicted molar refractivity (Wildman–Crippen MR) is 72.8 cm³/mol. The minimum Gasteiger partial charge on any atom is -0.471 e. The standard InChI is InChI=1S/C13H13ClN4O/c1-2-18-12(16)11(7-15)13(17-18)19-8-9-4-3-5-10(14)6-9/h3-6H,2,8,16H2,1H3. The molecule has 1 aromatic carbocycles. The fourth-order valence-electron chi connectivity index (χ4n) is 1.68. The molecule has 0 saturated heterocycles. The molecule has 0 saturated carbocycles. The maximum atomic E-state index is 9.06. The van der Waals surface area contributed by atoms with Gasteiger partial charge >= 0.3 is 0 Å². The zero-order chi connectivity index (χ0) is 13.8. The number of hydrogen-bond donors (Lipinski definition) is 1. The van der Waals surface area contributed by atoms with Gasteiger partial charge in [0.15, 0.2) is 5.56 Å². The Morgan fingerprint density at radius 1 is 1.53 bits per heavy atom. The van der Waals surface area contributed by atoms with E-state index in [1.165, 1.54) is 4.68 Å². The van der Waals surface area contributed by atoms with E-state index in [9.17, 15) is 0 Å². The molecule has 0 bridgehead atoms. The van der Waals surface area contributed by atoms with E-state index in [0.717, 1.165) is 5.56 Å². The summed E-state index contributed by atoms with van der Waals surface area (Å²) in [5.74, 6) is 0.577. The molecule has 2 rings (SSSR count). The average Bonchev–Trinajstić information content (AvgIpc) is 2.72. The second-order valence-corrected chi connectivity index (χ2v) is 4.35. The topological polar surface area (TPSA) is 76.9 Å². The molecular weight excluding hydrogens is 264 g/mol. The van der Waals surface area contributed by atoms with Gasteiger partial charge in [0.2, 0.25) is 0 Å². The van der Waals surface area contributed by atoms with Crippen LogP contribution in [0.5, 0.6) is 5.88 Å². The molecule has 6 heteroatoms. The van der Waals surface area contributed by atoms with E-state index in [2.05, 4.69) is 5.10 Å². The van der Waals surface area contributed by atoms with Gasteiger partial charge in [-0.3, -0.25) is 0 Å². The van der Waals surface area contributed by atoms with Gasteiger partial charge in [-0.1, -0.05) is 23.7 Å². The zero-order valence-electron chi connectivity index (χ0n) is 10.4. The van der Waals surface area contributed by atoms with E-state index in [1.54, 1.807) is 12.1 Å². The van der Waals surface area contributed by atoms with Crippen molar-refractivity contribution in [1.29, 1.82) is 5.26 Å². The fraction of sp³-hybridized carbons (Fsp3) is 0.231. The quantitative estimate of drug-likeness (QED) is 0.931. The van der Waals surface area contributed by atoms with Gasteiger partial charge in [0, 0.05) is 11.6 Å². The molecular formula is C13H13ClN4O. The van der Waals surface area contributed by atoms with E-state index in [-0.39, 0.29) is 18.1 Å². The molecule has 1 heterocycles. The van der Waals surface area contributed by atoms with Crippen LogP contribution in [0.1, 0.15) is 18.1 Å². The van der Waals surface area contributed by atoms with Crippen LogP contribution in [-0.4, -0.2) is 9.78 Å². The first-order chi connectivity index (χ1) is 9.15. The number of anilines is 1. The smallest absolute Gasteiger partial charge is 0.253 e. The van der Waals surface area contributed by atoms with Gasteiger partial charge in [0.25, 0.3) is 5.88 Å². The minimum atomic E-state index is 0.252. The molecule has 0 radical (unpaired) electrons. The molecule has 0 atom stereocenters. The normalized spacial score (nSPS) is 10.2. The Morgan fingerprint density at radius 2 is 2.32 bits per heavy atom. The van der Waals surface area contributed by atoms with E-state index < -0.39 is 0 Å². The number of aromatic nitrogens is 2. The summed E-state index contributed by atoms with van der Waals surface area (Å²) >= 11 is 5.89. The maximum absolute atomic E-state index is 9.06. The zero-order valence-corrected chi connectivity index (χ0v) is 11.2. The van der Waals surface area contributed by atoms with Gasteiger partial charge in [-0.05, 0) is 24.6 Å². The third kappa shape index (κ3) is 2.80. The van der Waals surface area contributed by atoms with Crippen molar-refractivity contribution in [1.82, 2.24) is 9.78 Å². The minimum absolute atomic E-state index is 0.252. The summed E-state index contributed by atoms with van der Waals surface area (Å²) in [4.78, 5) is 0. The average molecular weight is 277 g/mol. The molecule has 1 aromatic heterocycles. The van der Waals surface area contributed by atoms with Crippen LogP contribution in [0.2, 0.25) is 5.02 Å². The number of rotatable bonds is 4. The molecule has 2 N–H and O–H groups in total. The van der Waals surface area contributed by atoms with Crippen molar-refractivity contribution < 1.29 is 4.74 Å². The third-order valence-electron chi connectivity index (χ3n) is 2.64. The van der Waals surface area contributed by atoms with Crippen molar-refractivity contribution in [2.24, 2.45) is 0 Å². The Kier molecular flexibility index (Phi) is 3.93. The summed E-state index contributed by atoms with van der Waals surface area (Å²) in [6.07, 6.45) is 0. The van der Waals surface area contributed by atoms with Gasteiger partial charge < -0.3 is 10.5 Å². The molecule has 0 aliphatic carbocycles. The highest BCUT2D eigenvalue weighted by atomic mass is 35.5. The van der Waals surface area contributed by atoms with Gasteiger partial charge in [-0.25, -0.2) is 4.68 Å². The molecule has 0 unspecified atom stereocenters. The Hall–Kier alpha value is -2.19. The van der Waals surface area contributed by atoms with Crippen molar-refractivity contribution in [2.45, 2.75) is 20.1 Å². The lowest BCUT2D eigenvalue weighted by Crippen LogP contribution is -2.02. The highest BCUT2D eigenvalue weighted by Gasteiger charge is 2.15. The van der Waals surface area contributed by atoms with Crippen molar-refractivity contribution >= 4 is 17.4 Å². The number of nitrogen functional groups attached to an aromatic ring is 1. The molecule has 98 valence electrons. The lowest BCUT2D eigenvalue weighted by Gasteiger charge is -2.03. The molecule has 2 aromatic rings. The monoisotopic (exact) mass is 276 g/mol. The molecule has 0 fully saturated rings. The summed E-state index contributed by atoms with van der Waals surface area (Å²) in [6, 6.07) is 9.32. The van der Waals surface area contributed by atoms with Crippen LogP contribution >= 0.6 is 11.6 Å². The predicted octanol–water partition coefficient (Wildman–Crippen LogP) is 2.59. The van der Waals surface area contributed by atoms with Crippen LogP contribution < -0.4 is 10.5 Å². The first-order valence-electron chi connectivity index (χ1n) is 5.79. The number of hydrogen-bond acceptors (Lipinski definition) is 4. The SMILES string of the molecule is CCn1nc(OCc2cccc(Cl)c2)c(C#N)c1N. The van der Waals surface area contributed by atoms with Gasteiger partial charge in [0.1, 0.15) is 18.5 Å². The van der Waals surface area contributed by atoms with Crippen LogP contribution in [0.15, 0.2) is 24.3 Å². The van der Waals surface area contributed by atoms with Gasteiger partial charge in [-0.15, -0.1) is 5.10 Å². The first kappa shape index (κ1) is 13.2. The second kappa shape index (κ2) is 5.63. The van der Waals surface area contributed by atoms with E-state index in [0.29, 0.717) is 17.4 Å². The summed E-state index contributed by atoms with van der Waals surface area (Å²) in [5, 5.41) is 13.9. The molecule has 19 heavy (non-hydrogen) atoms. The van der Waals surface area contributed by atoms with Gasteiger partial charge in [-0.2, -0.15) is 5.26 Å². The molecule has 0 aliphatic heterocycles. The van der Waals surface area contributed by atoms with Crippen LogP contribution in [0.3, 0.4) is 0 Å². The molecule has 0 amide bonds. The summed E-state index contributed by atoms with van der Waals surface area (Å²) in [7, 11) is 0. The molecule has 0 spiro atoms. The second-order valence-electron chi connectivity index (χ2n) is 3.91. The number of nitrogens with two attached hydrogens (primary N) is 1. The Labute approximate surface area is 116 Å². The third-order valence-corrected chi connectivity index (χ3v) is 2.87. The lowest BCUT2D eigenvalue weighted by atomic mass is 10.2. The van der Waals surface area contributed by atoms with E-state index in [4.69, 9.17) is 27.3 Å². The number of halogens is 1. The summed E-state index contributed by atoms with van der Waals surface area (Å²) in [6.45, 7) is 2.77. The largest absolute Gasteiger partial charge is 0.471 e. The van der Waals surface area contributed by atoms with Crippen molar-refractivity contribution in [3.05, 3.63) is 40.4 Å². The Balaban J connectivity index is 2.18. The van der Waals surface area contributed by atoms with Crippen molar-refractivity contribution in [3.8, 4) is 11.9 Å². The molecule has 0 aliphatic rings. The first-order valence-corrected chi connectivity index (χ1v) is 6.17. The highest BCUT2D eigenvalue weighted by molar-refractivity contribution is 6.30. The van der Waals surface area contributed by atoms with Crippen LogP contribution in [-0.2, 0) is 13.2 Å². The van der Waals surface area contributed by atoms with Crippen LogP contribution in [0.4, 0.5) is 5.82 Å². The number of benzene rings is 1. The molecule has 5 nitrogen and oxygen atoms in total. The summed E-state index contributed by atoms with van der Waals surface area (Å²) in [5.41, 5.74) is 6.97. The summed E-state index contributed by atoms with van der Waals surface area (Å²) < 4.78 is 7.07. The Bertz CT molecular complexity index is 630. The van der Waals surface area contributed by atoms with E-state index in [1.807, 2.05) is 25.1 Å². The van der Waals surface area contributed by atoms with Crippen LogP contribution in [0, 0.1) is 11.3 Å². The number of nitrogens with zero attached hydrogens (tertiary/aromatic N) is 3. The van der Waals surface area contributed by atoms with Crippen molar-refractivity contribution in [2.75, 3.05) is 5.73 Å². The number of aryl methyl sites for hydroxylation is 1. The van der Waals surface area contributed by atoms with Gasteiger partial charge in [0.05, 0.1) is 0 Å². The fourth-order valence-corrected chi connectivity index (χ4v) is 1.89. The maximum Gasteiger partial charge on any atom is 0.253 e. The number of ether oxygens (including phenoxy) is 1.